The maximum atomic E-state index is 11.7. The number of aliphatic imine (C=N–C) groups is 1. The summed E-state index contributed by atoms with van der Waals surface area (Å²) >= 11 is 0. The summed E-state index contributed by atoms with van der Waals surface area (Å²) < 4.78 is 5.15. The predicted molar refractivity (Wildman–Crippen MR) is 92.9 cm³/mol. The van der Waals surface area contributed by atoms with Crippen LogP contribution in [0.1, 0.15) is 39.5 Å². The van der Waals surface area contributed by atoms with Crippen LogP contribution in [0.4, 0.5) is 0 Å². The number of carbonyl (C=O) groups is 3. The van der Waals surface area contributed by atoms with Crippen molar-refractivity contribution in [3.05, 3.63) is 12.2 Å². The number of nitrogens with one attached hydrogen (secondary N) is 1. The van der Waals surface area contributed by atoms with Crippen LogP contribution in [0.15, 0.2) is 17.1 Å². The third kappa shape index (κ3) is 8.44. The van der Waals surface area contributed by atoms with Gasteiger partial charge in [0.2, 0.25) is 5.91 Å². The minimum absolute atomic E-state index is 0.139. The van der Waals surface area contributed by atoms with Crippen molar-refractivity contribution in [3.63, 3.8) is 0 Å². The van der Waals surface area contributed by atoms with Gasteiger partial charge < -0.3 is 15.2 Å². The Kier molecular flexibility index (Phi) is 9.46. The van der Waals surface area contributed by atoms with E-state index in [1.54, 1.807) is 6.92 Å². The number of hydrogen-bond acceptors (Lipinski definition) is 6. The molecule has 1 aliphatic heterocycles. The molecule has 25 heavy (non-hydrogen) atoms. The van der Waals surface area contributed by atoms with Crippen LogP contribution in [0.25, 0.3) is 0 Å². The zero-order chi connectivity index (χ0) is 18.7. The Morgan fingerprint density at radius 2 is 1.96 bits per heavy atom. The Hall–Kier alpha value is -2.22. The molecular weight excluding hydrogens is 326 g/mol. The second kappa shape index (κ2) is 11.4. The van der Waals surface area contributed by atoms with E-state index in [9.17, 15) is 19.5 Å². The van der Waals surface area contributed by atoms with Gasteiger partial charge in [0, 0.05) is 38.6 Å². The highest BCUT2D eigenvalue weighted by atomic mass is 16.5. The lowest BCUT2D eigenvalue weighted by atomic mass is 10.2. The quantitative estimate of drug-likeness (QED) is 0.242. The lowest BCUT2D eigenvalue weighted by Crippen LogP contribution is -2.33. The molecule has 0 bridgehead atoms. The third-order valence-corrected chi connectivity index (χ3v) is 3.60. The van der Waals surface area contributed by atoms with Crippen molar-refractivity contribution in [3.8, 4) is 0 Å². The summed E-state index contributed by atoms with van der Waals surface area (Å²) in [6.45, 7) is 4.80. The van der Waals surface area contributed by atoms with Gasteiger partial charge in [0.15, 0.2) is 5.90 Å². The van der Waals surface area contributed by atoms with Gasteiger partial charge in [-0.3, -0.25) is 24.3 Å². The number of imide groups is 1. The molecule has 0 fully saturated rings. The first kappa shape index (κ1) is 20.8. The molecule has 1 rings (SSSR count). The number of nitrogens with zero attached hydrogens (tertiary/aromatic N) is 2. The Bertz CT molecular complexity index is 512. The second-order valence-electron chi connectivity index (χ2n) is 5.72. The van der Waals surface area contributed by atoms with Crippen molar-refractivity contribution in [2.45, 2.75) is 45.6 Å². The maximum absolute atomic E-state index is 11.7. The summed E-state index contributed by atoms with van der Waals surface area (Å²) in [5.74, 6) is -0.185. The molecular formula is C17H27N3O5. The zero-order valence-corrected chi connectivity index (χ0v) is 14.9. The van der Waals surface area contributed by atoms with Gasteiger partial charge in [-0.15, -0.1) is 0 Å². The van der Waals surface area contributed by atoms with Crippen LogP contribution in [0, 0.1) is 0 Å². The van der Waals surface area contributed by atoms with Gasteiger partial charge in [0.25, 0.3) is 11.8 Å². The van der Waals surface area contributed by atoms with Crippen molar-refractivity contribution < 1.29 is 24.2 Å². The summed E-state index contributed by atoms with van der Waals surface area (Å²) in [6, 6.07) is 0. The molecule has 1 aliphatic rings. The summed E-state index contributed by atoms with van der Waals surface area (Å²) in [6.07, 6.45) is 4.19. The Labute approximate surface area is 147 Å². The van der Waals surface area contributed by atoms with Crippen LogP contribution < -0.4 is 5.32 Å². The van der Waals surface area contributed by atoms with Crippen molar-refractivity contribution in [2.24, 2.45) is 4.99 Å². The minimum atomic E-state index is -0.751. The highest BCUT2D eigenvalue weighted by molar-refractivity contribution is 6.12. The second-order valence-corrected chi connectivity index (χ2v) is 5.72. The molecule has 140 valence electrons. The average molecular weight is 353 g/mol. The van der Waals surface area contributed by atoms with E-state index in [0.29, 0.717) is 38.3 Å². The number of unbranched alkanes of at least 4 members (excludes halogenated alkanes) is 2. The van der Waals surface area contributed by atoms with Gasteiger partial charge in [-0.05, 0) is 19.8 Å². The van der Waals surface area contributed by atoms with Crippen LogP contribution >= 0.6 is 0 Å². The van der Waals surface area contributed by atoms with E-state index in [1.165, 1.54) is 17.1 Å². The maximum Gasteiger partial charge on any atom is 0.253 e. The van der Waals surface area contributed by atoms with E-state index >= 15 is 0 Å². The number of ether oxygens (including phenoxy) is 1. The van der Waals surface area contributed by atoms with Gasteiger partial charge in [0.1, 0.15) is 0 Å². The van der Waals surface area contributed by atoms with E-state index in [4.69, 9.17) is 4.74 Å². The summed E-state index contributed by atoms with van der Waals surface area (Å²) in [4.78, 5) is 39.7. The van der Waals surface area contributed by atoms with Crippen molar-refractivity contribution >= 4 is 23.6 Å². The van der Waals surface area contributed by atoms with Crippen molar-refractivity contribution in [1.82, 2.24) is 10.2 Å². The first-order valence-corrected chi connectivity index (χ1v) is 8.56. The fourth-order valence-corrected chi connectivity index (χ4v) is 2.26. The first-order valence-electron chi connectivity index (χ1n) is 8.56. The molecule has 8 heteroatoms. The molecule has 8 nitrogen and oxygen atoms in total. The molecule has 0 radical (unpaired) electrons. The molecule has 0 aromatic carbocycles. The standard InChI is InChI=1S/C17H27N3O5/c1-3-25-13(2)18-11-14(21)12-19-15(22)7-5-4-6-10-20-16(23)8-9-17(20)24/h8-9,14,21H,3-7,10-12H2,1-2H3,(H,19,22). The number of aliphatic hydroxyl groups is 1. The van der Waals surface area contributed by atoms with E-state index in [1.807, 2.05) is 6.92 Å². The van der Waals surface area contributed by atoms with Crippen molar-refractivity contribution in [2.75, 3.05) is 26.2 Å². The van der Waals surface area contributed by atoms with E-state index in [0.717, 1.165) is 6.42 Å². The summed E-state index contributed by atoms with van der Waals surface area (Å²) in [5.41, 5.74) is 0. The highest BCUT2D eigenvalue weighted by Crippen LogP contribution is 2.07. The number of amides is 3. The van der Waals surface area contributed by atoms with E-state index in [2.05, 4.69) is 10.3 Å². The van der Waals surface area contributed by atoms with Crippen LogP contribution in [0.2, 0.25) is 0 Å². The molecule has 1 unspecified atom stereocenters. The molecule has 0 spiro atoms. The SMILES string of the molecule is CCOC(C)=NCC(O)CNC(=O)CCCCCN1C(=O)C=CC1=O. The average Bonchev–Trinajstić information content (AvgIpc) is 2.89. The molecule has 0 saturated heterocycles. The number of carbonyl (C=O) groups excluding carboxylic acids is 3. The van der Waals surface area contributed by atoms with Crippen LogP contribution in [-0.2, 0) is 19.1 Å². The van der Waals surface area contributed by atoms with Crippen LogP contribution in [0.3, 0.4) is 0 Å². The third-order valence-electron chi connectivity index (χ3n) is 3.60. The summed E-state index contributed by atoms with van der Waals surface area (Å²) in [7, 11) is 0. The minimum Gasteiger partial charge on any atom is -0.481 e. The van der Waals surface area contributed by atoms with Gasteiger partial charge in [-0.2, -0.15) is 0 Å². The summed E-state index contributed by atoms with van der Waals surface area (Å²) in [5, 5.41) is 12.4. The number of aliphatic hydroxyl groups excluding tert-OH is 1. The molecule has 0 aromatic rings. The highest BCUT2D eigenvalue weighted by Gasteiger charge is 2.22. The molecule has 2 N–H and O–H groups in total. The number of hydrogen-bond donors (Lipinski definition) is 2. The van der Waals surface area contributed by atoms with Crippen LogP contribution in [0.5, 0.6) is 0 Å². The largest absolute Gasteiger partial charge is 0.481 e. The monoisotopic (exact) mass is 353 g/mol. The lowest BCUT2D eigenvalue weighted by Gasteiger charge is -2.13. The molecule has 1 atom stereocenters. The lowest BCUT2D eigenvalue weighted by molar-refractivity contribution is -0.136. The predicted octanol–water partition coefficient (Wildman–Crippen LogP) is 0.404. The van der Waals surface area contributed by atoms with Gasteiger partial charge in [-0.25, -0.2) is 0 Å². The molecule has 0 saturated carbocycles. The van der Waals surface area contributed by atoms with Crippen LogP contribution in [-0.4, -0.2) is 66.0 Å². The molecule has 0 aromatic heterocycles. The molecule has 1 heterocycles. The van der Waals surface area contributed by atoms with Gasteiger partial charge >= 0.3 is 0 Å². The molecule has 3 amide bonds. The Morgan fingerprint density at radius 3 is 2.60 bits per heavy atom. The topological polar surface area (TPSA) is 108 Å². The fraction of sp³-hybridized carbons (Fsp3) is 0.647. The van der Waals surface area contributed by atoms with E-state index in [-0.39, 0.29) is 30.8 Å². The van der Waals surface area contributed by atoms with Gasteiger partial charge in [0.05, 0.1) is 19.3 Å². The molecule has 0 aliphatic carbocycles. The van der Waals surface area contributed by atoms with Gasteiger partial charge in [-0.1, -0.05) is 6.42 Å². The Balaban J connectivity index is 2.06. The first-order chi connectivity index (χ1) is 11.9. The Morgan fingerprint density at radius 1 is 1.28 bits per heavy atom. The zero-order valence-electron chi connectivity index (χ0n) is 14.9. The fourth-order valence-electron chi connectivity index (χ4n) is 2.26. The van der Waals surface area contributed by atoms with E-state index < -0.39 is 6.10 Å². The number of rotatable bonds is 11. The smallest absolute Gasteiger partial charge is 0.253 e. The normalized spacial score (nSPS) is 15.6. The van der Waals surface area contributed by atoms with Crippen molar-refractivity contribution in [1.29, 1.82) is 0 Å².